The molecule has 0 aliphatic heterocycles. The van der Waals surface area contributed by atoms with Crippen LogP contribution in [-0.2, 0) is 0 Å². The molecule has 9 rings (SSSR count). The molecule has 0 radical (unpaired) electrons. The molecule has 0 bridgehead atoms. The molecule has 48 heavy (non-hydrogen) atoms. The van der Waals surface area contributed by atoms with Crippen molar-refractivity contribution in [2.45, 2.75) is 0 Å². The van der Waals surface area contributed by atoms with Gasteiger partial charge in [0.1, 0.15) is 22.7 Å². The van der Waals surface area contributed by atoms with Gasteiger partial charge in [-0.25, -0.2) is 19.9 Å². The lowest BCUT2D eigenvalue weighted by molar-refractivity contribution is 1.08. The molecule has 0 spiro atoms. The maximum Gasteiger partial charge on any atom is 0.164 e. The second-order valence-corrected chi connectivity index (χ2v) is 11.6. The van der Waals surface area contributed by atoms with Gasteiger partial charge in [0.2, 0.25) is 0 Å². The van der Waals surface area contributed by atoms with E-state index in [2.05, 4.69) is 116 Å². The lowest BCUT2D eigenvalue weighted by atomic mass is 9.99. The highest BCUT2D eigenvalue weighted by Crippen LogP contribution is 2.32. The van der Waals surface area contributed by atoms with Crippen LogP contribution in [0.4, 0.5) is 0 Å². The van der Waals surface area contributed by atoms with Crippen LogP contribution >= 0.6 is 0 Å². The first-order chi connectivity index (χ1) is 23.8. The number of pyridine rings is 2. The van der Waals surface area contributed by atoms with E-state index in [9.17, 15) is 0 Å². The minimum absolute atomic E-state index is 0.846. The maximum atomic E-state index is 4.96. The summed E-state index contributed by atoms with van der Waals surface area (Å²) in [6, 6.07) is 54.3. The van der Waals surface area contributed by atoms with Gasteiger partial charge in [-0.2, -0.15) is 0 Å². The summed E-state index contributed by atoms with van der Waals surface area (Å²) in [4.78, 5) is 19.2. The summed E-state index contributed by atoms with van der Waals surface area (Å²) in [7, 11) is 0. The number of para-hydroxylation sites is 2. The van der Waals surface area contributed by atoms with Gasteiger partial charge in [0.05, 0.1) is 0 Å². The number of benzene rings is 5. The fraction of sp³-hybridized carbons (Fsp3) is 0. The first-order valence-electron chi connectivity index (χ1n) is 15.9. The molecule has 0 unspecified atom stereocenters. The van der Waals surface area contributed by atoms with Crippen LogP contribution in [0.2, 0.25) is 0 Å². The van der Waals surface area contributed by atoms with Crippen molar-refractivity contribution in [3.63, 3.8) is 0 Å². The van der Waals surface area contributed by atoms with Crippen LogP contribution < -0.4 is 0 Å². The van der Waals surface area contributed by atoms with Crippen molar-refractivity contribution >= 4 is 22.3 Å². The van der Waals surface area contributed by atoms with Crippen molar-refractivity contribution in [2.75, 3.05) is 0 Å². The third kappa shape index (κ3) is 4.84. The van der Waals surface area contributed by atoms with Crippen LogP contribution in [0.3, 0.4) is 0 Å². The molecule has 4 aromatic heterocycles. The Morgan fingerprint density at radius 2 is 0.646 bits per heavy atom. The number of nitrogens with zero attached hydrogens (tertiary/aromatic N) is 6. The van der Waals surface area contributed by atoms with E-state index < -0.39 is 0 Å². The molecule has 9 aromatic rings. The summed E-state index contributed by atoms with van der Waals surface area (Å²) in [6.45, 7) is 0. The Hall–Kier alpha value is -6.66. The molecule has 4 heterocycles. The molecular formula is C42H28N6. The van der Waals surface area contributed by atoms with Gasteiger partial charge < -0.3 is 0 Å². The molecular weight excluding hydrogens is 589 g/mol. The van der Waals surface area contributed by atoms with Crippen molar-refractivity contribution in [1.82, 2.24) is 29.1 Å². The maximum absolute atomic E-state index is 4.96. The van der Waals surface area contributed by atoms with Gasteiger partial charge in [0.15, 0.2) is 11.3 Å². The smallest absolute Gasteiger partial charge is 0.164 e. The van der Waals surface area contributed by atoms with Gasteiger partial charge in [-0.05, 0) is 70.8 Å². The predicted molar refractivity (Wildman–Crippen MR) is 193 cm³/mol. The third-order valence-corrected chi connectivity index (χ3v) is 8.70. The second-order valence-electron chi connectivity index (χ2n) is 11.6. The highest BCUT2D eigenvalue weighted by molar-refractivity contribution is 5.82. The van der Waals surface area contributed by atoms with Crippen molar-refractivity contribution in [1.29, 1.82) is 0 Å². The van der Waals surface area contributed by atoms with E-state index in [1.807, 2.05) is 73.1 Å². The fourth-order valence-electron chi connectivity index (χ4n) is 6.33. The van der Waals surface area contributed by atoms with Gasteiger partial charge in [0, 0.05) is 34.9 Å². The lowest BCUT2D eigenvalue weighted by Crippen LogP contribution is -1.98. The molecule has 5 aromatic carbocycles. The van der Waals surface area contributed by atoms with Crippen LogP contribution in [-0.4, -0.2) is 29.1 Å². The summed E-state index contributed by atoms with van der Waals surface area (Å²) >= 11 is 0. The summed E-state index contributed by atoms with van der Waals surface area (Å²) in [5, 5.41) is 0. The summed E-state index contributed by atoms with van der Waals surface area (Å²) in [5.74, 6) is 1.74. The SMILES string of the molecule is c1ccc(-n2c(-c3ccc(-c4ccc(-c5ccc(-c6nc7cccnc7n6-c6ccccc6)cc5)cc4)cc3)nc3cccnc32)cc1. The molecule has 0 amide bonds. The zero-order valence-corrected chi connectivity index (χ0v) is 25.8. The van der Waals surface area contributed by atoms with Crippen LogP contribution in [0, 0.1) is 0 Å². The van der Waals surface area contributed by atoms with Crippen LogP contribution in [0.5, 0.6) is 0 Å². The topological polar surface area (TPSA) is 61.4 Å². The molecule has 0 fully saturated rings. The number of hydrogen-bond donors (Lipinski definition) is 0. The molecule has 226 valence electrons. The third-order valence-electron chi connectivity index (χ3n) is 8.70. The highest BCUT2D eigenvalue weighted by Gasteiger charge is 2.17. The quantitative estimate of drug-likeness (QED) is 0.187. The zero-order chi connectivity index (χ0) is 31.9. The van der Waals surface area contributed by atoms with Gasteiger partial charge in [0.25, 0.3) is 0 Å². The number of aromatic nitrogens is 6. The average molecular weight is 617 g/mol. The average Bonchev–Trinajstić information content (AvgIpc) is 3.75. The van der Waals surface area contributed by atoms with Crippen LogP contribution in [0.1, 0.15) is 0 Å². The van der Waals surface area contributed by atoms with Crippen molar-refractivity contribution in [2.24, 2.45) is 0 Å². The standard InChI is InChI=1S/C42H28N6/c1-3-9-35(10-4-1)47-39(45-37-13-7-27-43-41(37)47)33-23-19-31(20-24-33)29-15-17-30(18-16-29)32-21-25-34(26-22-32)40-46-38-14-8-28-44-42(38)48(40)36-11-5-2-6-12-36/h1-28H. The minimum Gasteiger partial charge on any atom is -0.277 e. The highest BCUT2D eigenvalue weighted by atomic mass is 15.1. The Labute approximate surface area is 277 Å². The normalized spacial score (nSPS) is 11.3. The number of hydrogen-bond acceptors (Lipinski definition) is 4. The van der Waals surface area contributed by atoms with Gasteiger partial charge in [-0.1, -0.05) is 109 Å². The Morgan fingerprint density at radius 3 is 1.00 bits per heavy atom. The van der Waals surface area contributed by atoms with E-state index in [-0.39, 0.29) is 0 Å². The molecule has 0 aliphatic rings. The first-order valence-corrected chi connectivity index (χ1v) is 15.9. The van der Waals surface area contributed by atoms with Crippen molar-refractivity contribution < 1.29 is 0 Å². The van der Waals surface area contributed by atoms with E-state index in [1.165, 1.54) is 0 Å². The van der Waals surface area contributed by atoms with Gasteiger partial charge >= 0.3 is 0 Å². The van der Waals surface area contributed by atoms with Crippen LogP contribution in [0.15, 0.2) is 170 Å². The van der Waals surface area contributed by atoms with Crippen molar-refractivity contribution in [3.05, 3.63) is 170 Å². The van der Waals surface area contributed by atoms with E-state index in [0.717, 1.165) is 78.7 Å². The van der Waals surface area contributed by atoms with E-state index in [1.54, 1.807) is 0 Å². The van der Waals surface area contributed by atoms with Crippen LogP contribution in [0.25, 0.3) is 78.7 Å². The molecule has 0 N–H and O–H groups in total. The number of fused-ring (bicyclic) bond motifs is 2. The van der Waals surface area contributed by atoms with E-state index >= 15 is 0 Å². The number of rotatable bonds is 6. The van der Waals surface area contributed by atoms with E-state index in [0.29, 0.717) is 0 Å². The lowest BCUT2D eigenvalue weighted by Gasteiger charge is -2.10. The molecule has 6 nitrogen and oxygen atoms in total. The molecule has 6 heteroatoms. The Morgan fingerprint density at radius 1 is 0.312 bits per heavy atom. The summed E-state index contributed by atoms with van der Waals surface area (Å²) in [5.41, 5.74) is 12.2. The Balaban J connectivity index is 0.996. The molecule has 0 saturated heterocycles. The molecule has 0 saturated carbocycles. The van der Waals surface area contributed by atoms with Gasteiger partial charge in [-0.3, -0.25) is 9.13 Å². The summed E-state index contributed by atoms with van der Waals surface area (Å²) < 4.78 is 4.25. The predicted octanol–water partition coefficient (Wildman–Crippen LogP) is 9.82. The van der Waals surface area contributed by atoms with Gasteiger partial charge in [-0.15, -0.1) is 0 Å². The molecule has 0 atom stereocenters. The number of imidazole rings is 2. The monoisotopic (exact) mass is 616 g/mol. The first kappa shape index (κ1) is 27.6. The molecule has 0 aliphatic carbocycles. The Bertz CT molecular complexity index is 2330. The van der Waals surface area contributed by atoms with Crippen molar-refractivity contribution in [3.8, 4) is 56.4 Å². The van der Waals surface area contributed by atoms with E-state index in [4.69, 9.17) is 9.97 Å². The largest absolute Gasteiger partial charge is 0.277 e. The zero-order valence-electron chi connectivity index (χ0n) is 25.8. The second kappa shape index (κ2) is 11.6. The minimum atomic E-state index is 0.846. The fourth-order valence-corrected chi connectivity index (χ4v) is 6.33. The summed E-state index contributed by atoms with van der Waals surface area (Å²) in [6.07, 6.45) is 3.63. The Kier molecular flexibility index (Phi) is 6.68.